The first kappa shape index (κ1) is 20.2. The van der Waals surface area contributed by atoms with Crippen molar-refractivity contribution >= 4 is 16.6 Å². The van der Waals surface area contributed by atoms with Crippen molar-refractivity contribution < 1.29 is 4.74 Å². The lowest BCUT2D eigenvalue weighted by Crippen LogP contribution is -2.24. The molecule has 2 aromatic carbocycles. The Morgan fingerprint density at radius 1 is 1.13 bits per heavy atom. The van der Waals surface area contributed by atoms with Crippen LogP contribution in [0.3, 0.4) is 0 Å². The number of nitrogens with one attached hydrogen (secondary N) is 1. The molecule has 0 spiro atoms. The van der Waals surface area contributed by atoms with Gasteiger partial charge in [-0.2, -0.15) is 5.10 Å². The van der Waals surface area contributed by atoms with Crippen molar-refractivity contribution in [3.8, 4) is 0 Å². The number of aromatic nitrogens is 2. The van der Waals surface area contributed by atoms with Crippen LogP contribution >= 0.6 is 0 Å². The predicted molar refractivity (Wildman–Crippen MR) is 123 cm³/mol. The van der Waals surface area contributed by atoms with Crippen LogP contribution in [0.15, 0.2) is 78.8 Å². The molecule has 1 aromatic heterocycles. The molecule has 1 N–H and O–H groups in total. The van der Waals surface area contributed by atoms with Gasteiger partial charge in [-0.1, -0.05) is 44.2 Å². The van der Waals surface area contributed by atoms with Crippen LogP contribution in [0, 0.1) is 5.92 Å². The van der Waals surface area contributed by atoms with Crippen molar-refractivity contribution in [3.63, 3.8) is 0 Å². The molecular weight excluding hydrogens is 372 g/mol. The van der Waals surface area contributed by atoms with E-state index in [2.05, 4.69) is 76.5 Å². The summed E-state index contributed by atoms with van der Waals surface area (Å²) >= 11 is 0. The fourth-order valence-corrected chi connectivity index (χ4v) is 3.53. The summed E-state index contributed by atoms with van der Waals surface area (Å²) in [6.45, 7) is 8.68. The summed E-state index contributed by atoms with van der Waals surface area (Å²) in [4.78, 5) is 2.22. The molecule has 0 fully saturated rings. The van der Waals surface area contributed by atoms with Crippen LogP contribution in [0.1, 0.15) is 19.4 Å². The number of fused-ring (bicyclic) bond motifs is 1. The smallest absolute Gasteiger partial charge is 0.119 e. The predicted octanol–water partition coefficient (Wildman–Crippen LogP) is 4.72. The van der Waals surface area contributed by atoms with Gasteiger partial charge in [0.15, 0.2) is 0 Å². The summed E-state index contributed by atoms with van der Waals surface area (Å²) in [5.74, 6) is 1.58. The number of nitrogens with zero attached hydrogens (tertiary/aromatic N) is 3. The number of anilines is 1. The largest absolute Gasteiger partial charge is 0.489 e. The SMILES string of the molecule is CC(C)CNCCn1ncc2cc(N3C=CC(OCc4ccccc4)=CC3)ccc21. The van der Waals surface area contributed by atoms with Crippen LogP contribution in [0.4, 0.5) is 5.69 Å². The van der Waals surface area contributed by atoms with Crippen molar-refractivity contribution in [2.24, 2.45) is 5.92 Å². The standard InChI is InChI=1S/C25H30N4O/c1-20(2)17-26-12-15-29-25-9-8-23(16-22(25)18-27-29)28-13-10-24(11-14-28)30-19-21-6-4-3-5-7-21/h3-11,13,16,18,20,26H,12,14-15,17,19H2,1-2H3. The van der Waals surface area contributed by atoms with Gasteiger partial charge in [0.1, 0.15) is 12.4 Å². The van der Waals surface area contributed by atoms with Gasteiger partial charge in [-0.3, -0.25) is 4.68 Å². The van der Waals surface area contributed by atoms with E-state index in [1.165, 1.54) is 16.5 Å². The lowest BCUT2D eigenvalue weighted by Gasteiger charge is -2.23. The van der Waals surface area contributed by atoms with Crippen LogP contribution in [0.5, 0.6) is 0 Å². The van der Waals surface area contributed by atoms with Crippen molar-refractivity contribution in [1.82, 2.24) is 15.1 Å². The van der Waals surface area contributed by atoms with E-state index in [9.17, 15) is 0 Å². The second-order valence-corrected chi connectivity index (χ2v) is 8.06. The lowest BCUT2D eigenvalue weighted by atomic mass is 10.2. The molecule has 30 heavy (non-hydrogen) atoms. The Kier molecular flexibility index (Phi) is 6.50. The number of allylic oxidation sites excluding steroid dienone is 1. The Labute approximate surface area is 178 Å². The molecule has 5 nitrogen and oxygen atoms in total. The Morgan fingerprint density at radius 3 is 2.77 bits per heavy atom. The van der Waals surface area contributed by atoms with E-state index >= 15 is 0 Å². The molecule has 1 aliphatic rings. The Balaban J connectivity index is 1.34. The molecule has 0 saturated carbocycles. The van der Waals surface area contributed by atoms with Crippen LogP contribution in [-0.2, 0) is 17.9 Å². The van der Waals surface area contributed by atoms with Crippen molar-refractivity contribution in [2.45, 2.75) is 27.0 Å². The summed E-state index contributed by atoms with van der Waals surface area (Å²) in [6.07, 6.45) is 8.19. The summed E-state index contributed by atoms with van der Waals surface area (Å²) in [5.41, 5.74) is 3.51. The fourth-order valence-electron chi connectivity index (χ4n) is 3.53. The molecule has 0 bridgehead atoms. The van der Waals surface area contributed by atoms with Gasteiger partial charge in [0.05, 0.1) is 18.3 Å². The summed E-state index contributed by atoms with van der Waals surface area (Å²) in [6, 6.07) is 16.8. The number of benzene rings is 2. The van der Waals surface area contributed by atoms with Crippen molar-refractivity contribution in [2.75, 3.05) is 24.5 Å². The molecule has 3 aromatic rings. The Morgan fingerprint density at radius 2 is 2.00 bits per heavy atom. The van der Waals surface area contributed by atoms with Gasteiger partial charge in [-0.25, -0.2) is 0 Å². The van der Waals surface area contributed by atoms with Crippen LogP contribution in [-0.4, -0.2) is 29.4 Å². The van der Waals surface area contributed by atoms with Gasteiger partial charge in [0.2, 0.25) is 0 Å². The van der Waals surface area contributed by atoms with E-state index in [-0.39, 0.29) is 0 Å². The highest BCUT2D eigenvalue weighted by Crippen LogP contribution is 2.24. The second kappa shape index (κ2) is 9.63. The zero-order valence-electron chi connectivity index (χ0n) is 17.8. The topological polar surface area (TPSA) is 42.3 Å². The Hall–Kier alpha value is -3.05. The minimum atomic E-state index is 0.591. The number of hydrogen-bond donors (Lipinski definition) is 1. The molecule has 1 aliphatic heterocycles. The minimum Gasteiger partial charge on any atom is -0.489 e. The monoisotopic (exact) mass is 402 g/mol. The molecule has 4 rings (SSSR count). The number of rotatable bonds is 9. The van der Waals surface area contributed by atoms with E-state index in [1.807, 2.05) is 30.5 Å². The van der Waals surface area contributed by atoms with Gasteiger partial charge in [-0.05, 0) is 48.4 Å². The van der Waals surface area contributed by atoms with Gasteiger partial charge in [0, 0.05) is 30.4 Å². The van der Waals surface area contributed by atoms with Crippen molar-refractivity contribution in [3.05, 3.63) is 84.4 Å². The average molecular weight is 403 g/mol. The first-order chi connectivity index (χ1) is 14.7. The number of hydrogen-bond acceptors (Lipinski definition) is 4. The molecule has 0 radical (unpaired) electrons. The molecular formula is C25H30N4O. The van der Waals surface area contributed by atoms with Crippen LogP contribution in [0.25, 0.3) is 10.9 Å². The average Bonchev–Trinajstić information content (AvgIpc) is 3.18. The third-order valence-electron chi connectivity index (χ3n) is 5.17. The maximum Gasteiger partial charge on any atom is 0.119 e. The van der Waals surface area contributed by atoms with E-state index in [0.29, 0.717) is 12.5 Å². The summed E-state index contributed by atoms with van der Waals surface area (Å²) < 4.78 is 7.99. The molecule has 0 amide bonds. The number of ether oxygens (including phenoxy) is 1. The normalized spacial score (nSPS) is 13.8. The molecule has 5 heteroatoms. The maximum absolute atomic E-state index is 5.92. The third-order valence-corrected chi connectivity index (χ3v) is 5.17. The highest BCUT2D eigenvalue weighted by Gasteiger charge is 2.10. The van der Waals surface area contributed by atoms with Gasteiger partial charge in [0.25, 0.3) is 0 Å². The molecule has 0 saturated heterocycles. The third kappa shape index (κ3) is 5.10. The van der Waals surface area contributed by atoms with Gasteiger partial charge < -0.3 is 15.0 Å². The van der Waals surface area contributed by atoms with E-state index < -0.39 is 0 Å². The quantitative estimate of drug-likeness (QED) is 0.526. The highest BCUT2D eigenvalue weighted by atomic mass is 16.5. The summed E-state index contributed by atoms with van der Waals surface area (Å²) in [5, 5.41) is 9.22. The summed E-state index contributed by atoms with van der Waals surface area (Å²) in [7, 11) is 0. The molecule has 0 atom stereocenters. The Bertz CT molecular complexity index is 1020. The van der Waals surface area contributed by atoms with E-state index in [0.717, 1.165) is 37.6 Å². The van der Waals surface area contributed by atoms with Crippen molar-refractivity contribution in [1.29, 1.82) is 0 Å². The maximum atomic E-state index is 5.92. The minimum absolute atomic E-state index is 0.591. The zero-order valence-corrected chi connectivity index (χ0v) is 17.8. The molecule has 2 heterocycles. The van der Waals surface area contributed by atoms with Crippen LogP contribution < -0.4 is 10.2 Å². The van der Waals surface area contributed by atoms with E-state index in [4.69, 9.17) is 4.74 Å². The van der Waals surface area contributed by atoms with Gasteiger partial charge in [-0.15, -0.1) is 0 Å². The fraction of sp³-hybridized carbons (Fsp3) is 0.320. The van der Waals surface area contributed by atoms with E-state index in [1.54, 1.807) is 0 Å². The first-order valence-electron chi connectivity index (χ1n) is 10.7. The first-order valence-corrected chi connectivity index (χ1v) is 10.7. The van der Waals surface area contributed by atoms with Gasteiger partial charge >= 0.3 is 0 Å². The second-order valence-electron chi connectivity index (χ2n) is 8.06. The lowest BCUT2D eigenvalue weighted by molar-refractivity contribution is 0.209. The molecule has 0 aliphatic carbocycles. The highest BCUT2D eigenvalue weighted by molar-refractivity contribution is 5.83. The molecule has 156 valence electrons. The van der Waals surface area contributed by atoms with Crippen LogP contribution in [0.2, 0.25) is 0 Å². The zero-order chi connectivity index (χ0) is 20.8. The molecule has 0 unspecified atom stereocenters.